The van der Waals surface area contributed by atoms with E-state index in [0.29, 0.717) is 41.6 Å². The summed E-state index contributed by atoms with van der Waals surface area (Å²) in [5.41, 5.74) is 10.7. The number of aryl methyl sites for hydroxylation is 1. The van der Waals surface area contributed by atoms with Gasteiger partial charge in [0.05, 0.1) is 18.7 Å². The summed E-state index contributed by atoms with van der Waals surface area (Å²) >= 11 is 1.61. The molecule has 2 atom stereocenters. The highest BCUT2D eigenvalue weighted by Crippen LogP contribution is 2.38. The third-order valence-electron chi connectivity index (χ3n) is 7.61. The van der Waals surface area contributed by atoms with E-state index in [4.69, 9.17) is 19.9 Å². The number of thiazole rings is 1. The number of rotatable bonds is 8. The van der Waals surface area contributed by atoms with Crippen LogP contribution in [0.2, 0.25) is 0 Å². The number of hydrogen-bond acceptors (Lipinski definition) is 8. The van der Waals surface area contributed by atoms with Crippen LogP contribution in [0.1, 0.15) is 58.3 Å². The molecule has 1 fully saturated rings. The number of methoxy groups -OCH3 is 1. The lowest BCUT2D eigenvalue weighted by Gasteiger charge is -2.24. The molecule has 0 bridgehead atoms. The predicted octanol–water partition coefficient (Wildman–Crippen LogP) is 6.57. The molecule has 0 spiro atoms. The molecule has 1 aliphatic rings. The van der Waals surface area contributed by atoms with Crippen LogP contribution in [0.5, 0.6) is 5.75 Å². The first-order chi connectivity index (χ1) is 20.3. The Morgan fingerprint density at radius 3 is 2.62 bits per heavy atom. The molecule has 0 saturated carbocycles. The van der Waals surface area contributed by atoms with Gasteiger partial charge in [-0.15, -0.1) is 21.5 Å². The average Bonchev–Trinajstić information content (AvgIpc) is 3.78. The van der Waals surface area contributed by atoms with Gasteiger partial charge < -0.3 is 19.8 Å². The SMILES string of the molecule is COc1ccccc1-c1cc(C(=O)N2CCC[C@@H]2c2nc(C)cs2)cc(-c2nnc(C(C)(N)Cc3ccccc3)o2)c1. The zero-order valence-corrected chi connectivity index (χ0v) is 24.7. The molecule has 42 heavy (non-hydrogen) atoms. The summed E-state index contributed by atoms with van der Waals surface area (Å²) in [6.07, 6.45) is 2.35. The van der Waals surface area contributed by atoms with Crippen molar-refractivity contribution in [2.45, 2.75) is 44.7 Å². The van der Waals surface area contributed by atoms with Gasteiger partial charge in [0.25, 0.3) is 5.91 Å². The first-order valence-corrected chi connectivity index (χ1v) is 14.9. The third-order valence-corrected chi connectivity index (χ3v) is 8.67. The summed E-state index contributed by atoms with van der Waals surface area (Å²) in [5, 5.41) is 11.7. The smallest absolute Gasteiger partial charge is 0.254 e. The molecule has 1 saturated heterocycles. The summed E-state index contributed by atoms with van der Waals surface area (Å²) in [7, 11) is 1.64. The number of ether oxygens (including phenoxy) is 1. The quantitative estimate of drug-likeness (QED) is 0.221. The van der Waals surface area contributed by atoms with E-state index in [-0.39, 0.29) is 11.9 Å². The summed E-state index contributed by atoms with van der Waals surface area (Å²) in [6, 6.07) is 23.4. The molecule has 0 radical (unpaired) electrons. The Morgan fingerprint density at radius 1 is 1.10 bits per heavy atom. The highest BCUT2D eigenvalue weighted by atomic mass is 32.1. The van der Waals surface area contributed by atoms with Gasteiger partial charge in [-0.3, -0.25) is 4.79 Å². The molecule has 1 aliphatic heterocycles. The van der Waals surface area contributed by atoms with Crippen LogP contribution >= 0.6 is 11.3 Å². The minimum Gasteiger partial charge on any atom is -0.496 e. The number of nitrogens with zero attached hydrogens (tertiary/aromatic N) is 4. The molecule has 3 aromatic carbocycles. The zero-order valence-electron chi connectivity index (χ0n) is 23.9. The lowest BCUT2D eigenvalue weighted by atomic mass is 9.94. The number of amides is 1. The van der Waals surface area contributed by atoms with Crippen LogP contribution in [-0.2, 0) is 12.0 Å². The maximum absolute atomic E-state index is 14.1. The van der Waals surface area contributed by atoms with Crippen molar-refractivity contribution in [3.05, 3.63) is 106 Å². The highest BCUT2D eigenvalue weighted by Gasteiger charge is 2.33. The molecular formula is C33H33N5O3S. The predicted molar refractivity (Wildman–Crippen MR) is 163 cm³/mol. The Kier molecular flexibility index (Phi) is 7.62. The Balaban J connectivity index is 1.39. The fourth-order valence-corrected chi connectivity index (χ4v) is 6.48. The van der Waals surface area contributed by atoms with E-state index in [2.05, 4.69) is 10.2 Å². The molecule has 1 amide bonds. The normalized spacial score (nSPS) is 16.4. The molecule has 0 aliphatic carbocycles. The third kappa shape index (κ3) is 5.57. The summed E-state index contributed by atoms with van der Waals surface area (Å²) in [6.45, 7) is 4.53. The molecule has 3 heterocycles. The molecule has 2 N–H and O–H groups in total. The van der Waals surface area contributed by atoms with Crippen LogP contribution in [0, 0.1) is 6.92 Å². The molecule has 5 aromatic rings. The van der Waals surface area contributed by atoms with Crippen LogP contribution in [0.3, 0.4) is 0 Å². The second-order valence-corrected chi connectivity index (χ2v) is 11.9. The van der Waals surface area contributed by atoms with Crippen LogP contribution in [0.25, 0.3) is 22.6 Å². The minimum atomic E-state index is -0.875. The van der Waals surface area contributed by atoms with Crippen molar-refractivity contribution in [1.29, 1.82) is 0 Å². The van der Waals surface area contributed by atoms with Crippen LogP contribution < -0.4 is 10.5 Å². The maximum Gasteiger partial charge on any atom is 0.254 e. The van der Waals surface area contributed by atoms with E-state index in [1.54, 1.807) is 18.4 Å². The number of benzene rings is 3. The molecule has 214 valence electrons. The van der Waals surface area contributed by atoms with Gasteiger partial charge >= 0.3 is 0 Å². The standard InChI is InChI=1S/C33H33N5O3S/c1-21-20-42-30(35-21)27-13-9-15-38(27)31(39)25-17-23(26-12-7-8-14-28(26)40-3)16-24(18-25)29-36-37-32(41-29)33(2,34)19-22-10-5-4-6-11-22/h4-8,10-12,14,16-18,20,27H,9,13,15,19,34H2,1-3H3/t27-,33?/m1/s1. The topological polar surface area (TPSA) is 107 Å². The minimum absolute atomic E-state index is 0.0412. The van der Waals surface area contributed by atoms with E-state index < -0.39 is 5.54 Å². The number of carbonyl (C=O) groups excluding carboxylic acids is 1. The molecule has 6 rings (SSSR count). The van der Waals surface area contributed by atoms with Crippen molar-refractivity contribution in [2.75, 3.05) is 13.7 Å². The number of hydrogen-bond donors (Lipinski definition) is 1. The van der Waals surface area contributed by atoms with Crippen molar-refractivity contribution in [3.63, 3.8) is 0 Å². The van der Waals surface area contributed by atoms with Gasteiger partial charge in [0.1, 0.15) is 10.8 Å². The first kappa shape index (κ1) is 27.8. The van der Waals surface area contributed by atoms with Crippen LogP contribution in [0.15, 0.2) is 82.6 Å². The van der Waals surface area contributed by atoms with Crippen molar-refractivity contribution >= 4 is 17.2 Å². The molecule has 2 aromatic heterocycles. The zero-order chi connectivity index (χ0) is 29.3. The van der Waals surface area contributed by atoms with E-state index in [0.717, 1.165) is 40.2 Å². The van der Waals surface area contributed by atoms with E-state index >= 15 is 0 Å². The molecule has 1 unspecified atom stereocenters. The first-order valence-electron chi connectivity index (χ1n) is 14.0. The van der Waals surface area contributed by atoms with E-state index in [1.165, 1.54) is 0 Å². The molecular weight excluding hydrogens is 546 g/mol. The second-order valence-electron chi connectivity index (χ2n) is 11.0. The monoisotopic (exact) mass is 579 g/mol. The van der Waals surface area contributed by atoms with Crippen molar-refractivity contribution < 1.29 is 13.9 Å². The number of carbonyl (C=O) groups is 1. The number of para-hydroxylation sites is 1. The largest absolute Gasteiger partial charge is 0.496 e. The van der Waals surface area contributed by atoms with Gasteiger partial charge in [-0.1, -0.05) is 48.5 Å². The Hall–Kier alpha value is -4.34. The Labute approximate surface area is 249 Å². The highest BCUT2D eigenvalue weighted by molar-refractivity contribution is 7.09. The fraction of sp³-hybridized carbons (Fsp3) is 0.273. The van der Waals surface area contributed by atoms with Gasteiger partial charge in [-0.05, 0) is 68.5 Å². The molecule has 9 heteroatoms. The Morgan fingerprint density at radius 2 is 1.86 bits per heavy atom. The van der Waals surface area contributed by atoms with Crippen molar-refractivity contribution in [3.8, 4) is 28.3 Å². The average molecular weight is 580 g/mol. The fourth-order valence-electron chi connectivity index (χ4n) is 5.54. The maximum atomic E-state index is 14.1. The van der Waals surface area contributed by atoms with Crippen molar-refractivity contribution in [1.82, 2.24) is 20.1 Å². The summed E-state index contributed by atoms with van der Waals surface area (Å²) in [5.74, 6) is 1.27. The van der Waals surface area contributed by atoms with Gasteiger partial charge in [0.15, 0.2) is 0 Å². The van der Waals surface area contributed by atoms with Gasteiger partial charge in [-0.25, -0.2) is 4.98 Å². The van der Waals surface area contributed by atoms with Crippen molar-refractivity contribution in [2.24, 2.45) is 5.73 Å². The molecule has 8 nitrogen and oxygen atoms in total. The van der Waals surface area contributed by atoms with E-state index in [1.807, 2.05) is 96.9 Å². The van der Waals surface area contributed by atoms with Crippen LogP contribution in [-0.4, -0.2) is 39.6 Å². The lowest BCUT2D eigenvalue weighted by molar-refractivity contribution is 0.0735. The van der Waals surface area contributed by atoms with Gasteiger partial charge in [-0.2, -0.15) is 0 Å². The van der Waals surface area contributed by atoms with E-state index in [9.17, 15) is 4.79 Å². The van der Waals surface area contributed by atoms with Gasteiger partial charge in [0, 0.05) is 34.3 Å². The van der Waals surface area contributed by atoms with Crippen LogP contribution in [0.4, 0.5) is 0 Å². The summed E-state index contributed by atoms with van der Waals surface area (Å²) < 4.78 is 11.9. The number of likely N-dealkylation sites (tertiary alicyclic amines) is 1. The number of nitrogens with two attached hydrogens (primary N) is 1. The van der Waals surface area contributed by atoms with Gasteiger partial charge in [0.2, 0.25) is 11.8 Å². The Bertz CT molecular complexity index is 1710. The summed E-state index contributed by atoms with van der Waals surface area (Å²) in [4.78, 5) is 20.7. The number of aromatic nitrogens is 3. The second kappa shape index (κ2) is 11.5. The lowest BCUT2D eigenvalue weighted by Crippen LogP contribution is -2.35.